The molecule has 328 valence electrons. The molecule has 0 aliphatic heterocycles. The molecular formula is C65H57NS. The average molecular weight is 884 g/mol. The van der Waals surface area contributed by atoms with Crippen LogP contribution < -0.4 is 4.90 Å². The molecule has 2 bridgehead atoms. The Labute approximate surface area is 400 Å². The number of nitrogens with zero attached hydrogens (tertiary/aromatic N) is 1. The van der Waals surface area contributed by atoms with Gasteiger partial charge in [0.2, 0.25) is 0 Å². The van der Waals surface area contributed by atoms with Gasteiger partial charge in [0.05, 0.1) is 0 Å². The van der Waals surface area contributed by atoms with E-state index in [1.807, 2.05) is 11.3 Å². The summed E-state index contributed by atoms with van der Waals surface area (Å²) in [7, 11) is 0. The van der Waals surface area contributed by atoms with E-state index >= 15 is 0 Å². The maximum Gasteiger partial charge on any atom is 0.0476 e. The number of fused-ring (bicyclic) bond motifs is 16. The van der Waals surface area contributed by atoms with Crippen LogP contribution in [0.15, 0.2) is 176 Å². The molecule has 1 unspecified atom stereocenters. The van der Waals surface area contributed by atoms with Gasteiger partial charge in [-0.15, -0.1) is 11.3 Å². The van der Waals surface area contributed by atoms with E-state index in [0.29, 0.717) is 5.92 Å². The number of benzene rings is 8. The minimum absolute atomic E-state index is 0.0891. The smallest absolute Gasteiger partial charge is 0.0476 e. The SMILES string of the molecule is C[C@@H]1CC2C[C@H](C1)[C@@]1(c3ccccc3-c3cc(-c4ccc5c(c4)sc4cc(N(c6ccc(-c7ccccc7)cc6)c6ccc7c(c6)C6(CCCCC6)c6ccccc6-7)ccc45)ccc31)[C@@H](C)C2. The highest BCUT2D eigenvalue weighted by molar-refractivity contribution is 7.25. The van der Waals surface area contributed by atoms with Crippen molar-refractivity contribution in [3.05, 3.63) is 198 Å². The maximum atomic E-state index is 2.58. The quantitative estimate of drug-likeness (QED) is 0.166. The second-order valence-corrected chi connectivity index (χ2v) is 22.4. The van der Waals surface area contributed by atoms with E-state index in [0.717, 1.165) is 17.8 Å². The third-order valence-corrected chi connectivity index (χ3v) is 18.9. The Morgan fingerprint density at radius 2 is 1.03 bits per heavy atom. The van der Waals surface area contributed by atoms with Crippen molar-refractivity contribution in [2.75, 3.05) is 4.90 Å². The summed E-state index contributed by atoms with van der Waals surface area (Å²) in [5, 5.41) is 2.67. The molecule has 0 radical (unpaired) electrons. The topological polar surface area (TPSA) is 3.24 Å². The molecule has 14 rings (SSSR count). The lowest BCUT2D eigenvalue weighted by Gasteiger charge is -2.54. The average Bonchev–Trinajstić information content (AvgIpc) is 3.98. The Morgan fingerprint density at radius 3 is 1.85 bits per heavy atom. The van der Waals surface area contributed by atoms with Gasteiger partial charge in [-0.25, -0.2) is 0 Å². The van der Waals surface area contributed by atoms with Crippen LogP contribution in [-0.2, 0) is 10.8 Å². The summed E-state index contributed by atoms with van der Waals surface area (Å²) < 4.78 is 2.67. The first-order valence-corrected chi connectivity index (χ1v) is 26.2. The predicted octanol–water partition coefficient (Wildman–Crippen LogP) is 18.4. The Hall–Kier alpha value is -6.22. The number of anilines is 3. The van der Waals surface area contributed by atoms with Crippen molar-refractivity contribution >= 4 is 48.6 Å². The van der Waals surface area contributed by atoms with Gasteiger partial charge in [-0.1, -0.05) is 161 Å². The molecule has 8 aromatic carbocycles. The standard InChI is InChI=1S/C65H57NS/c1-41-33-43-35-42(2)65(48(34-41)36-43)59-18-10-8-16-53(59)57-37-46(22-30-60(57)65)47-21-27-55-56-29-26-51(40-63(56)67-62(55)38-47)66(49-23-19-45(20-24-49)44-13-5-3-6-14-44)50-25-28-54-52-15-7-9-17-58(52)64(61(54)39-50)31-11-4-12-32-64/h3,5-10,13-30,37-43,48H,4,11-12,31-36H2,1-2H3/t41-,42+,43?,48+,65-/m1/s1. The third-order valence-electron chi connectivity index (χ3n) is 17.8. The molecule has 5 atom stereocenters. The van der Waals surface area contributed by atoms with Gasteiger partial charge in [-0.2, -0.15) is 0 Å². The molecule has 1 heterocycles. The van der Waals surface area contributed by atoms with Gasteiger partial charge in [-0.3, -0.25) is 0 Å². The highest BCUT2D eigenvalue weighted by Gasteiger charge is 2.56. The van der Waals surface area contributed by atoms with E-state index in [4.69, 9.17) is 0 Å². The summed E-state index contributed by atoms with van der Waals surface area (Å²) in [6.45, 7) is 5.09. The summed E-state index contributed by atoms with van der Waals surface area (Å²) in [4.78, 5) is 2.51. The van der Waals surface area contributed by atoms with Gasteiger partial charge in [0, 0.05) is 48.1 Å². The van der Waals surface area contributed by atoms with Crippen molar-refractivity contribution < 1.29 is 0 Å². The molecule has 1 nitrogen and oxygen atoms in total. The molecule has 67 heavy (non-hydrogen) atoms. The molecule has 2 spiro atoms. The molecule has 2 heteroatoms. The lowest BCUT2D eigenvalue weighted by molar-refractivity contribution is 0.0426. The van der Waals surface area contributed by atoms with Gasteiger partial charge in [0.15, 0.2) is 0 Å². The van der Waals surface area contributed by atoms with Crippen molar-refractivity contribution in [1.82, 2.24) is 0 Å². The first kappa shape index (κ1) is 39.9. The van der Waals surface area contributed by atoms with Gasteiger partial charge >= 0.3 is 0 Å². The zero-order valence-corrected chi connectivity index (χ0v) is 39.6. The van der Waals surface area contributed by atoms with Gasteiger partial charge in [-0.05, 0) is 177 Å². The fourth-order valence-corrected chi connectivity index (χ4v) is 16.3. The highest BCUT2D eigenvalue weighted by Crippen LogP contribution is 2.65. The fourth-order valence-electron chi connectivity index (χ4n) is 15.1. The van der Waals surface area contributed by atoms with Crippen LogP contribution in [0.3, 0.4) is 0 Å². The molecule has 5 aliphatic rings. The van der Waals surface area contributed by atoms with E-state index < -0.39 is 0 Å². The number of thiophene rings is 1. The number of rotatable bonds is 5. The largest absolute Gasteiger partial charge is 0.310 e. The summed E-state index contributed by atoms with van der Waals surface area (Å²) in [6, 6.07) is 68.1. The Kier molecular flexibility index (Phi) is 9.02. The summed E-state index contributed by atoms with van der Waals surface area (Å²) in [5.74, 6) is 3.06. The van der Waals surface area contributed by atoms with Crippen LogP contribution in [0.4, 0.5) is 17.1 Å². The zero-order chi connectivity index (χ0) is 44.4. The maximum absolute atomic E-state index is 2.58. The summed E-state index contributed by atoms with van der Waals surface area (Å²) in [6.07, 6.45) is 11.8. The van der Waals surface area contributed by atoms with Crippen LogP contribution in [0.2, 0.25) is 0 Å². The van der Waals surface area contributed by atoms with Crippen molar-refractivity contribution in [3.63, 3.8) is 0 Å². The van der Waals surface area contributed by atoms with Crippen molar-refractivity contribution in [2.24, 2.45) is 23.7 Å². The first-order chi connectivity index (χ1) is 33.0. The van der Waals surface area contributed by atoms with Crippen LogP contribution in [0, 0.1) is 23.7 Å². The molecule has 1 aromatic heterocycles. The van der Waals surface area contributed by atoms with E-state index in [2.05, 4.69) is 195 Å². The van der Waals surface area contributed by atoms with E-state index in [1.165, 1.54) is 151 Å². The van der Waals surface area contributed by atoms with Crippen LogP contribution in [0.25, 0.3) is 64.7 Å². The van der Waals surface area contributed by atoms with Crippen molar-refractivity contribution in [2.45, 2.75) is 82.5 Å². The van der Waals surface area contributed by atoms with Crippen molar-refractivity contribution in [3.8, 4) is 44.5 Å². The van der Waals surface area contributed by atoms with E-state index in [1.54, 1.807) is 11.1 Å². The van der Waals surface area contributed by atoms with Gasteiger partial charge < -0.3 is 4.90 Å². The van der Waals surface area contributed by atoms with E-state index in [9.17, 15) is 0 Å². The predicted molar refractivity (Wildman–Crippen MR) is 284 cm³/mol. The Bertz CT molecular complexity index is 3400. The molecular weight excluding hydrogens is 827 g/mol. The highest BCUT2D eigenvalue weighted by atomic mass is 32.1. The molecule has 5 aliphatic carbocycles. The zero-order valence-electron chi connectivity index (χ0n) is 38.8. The first-order valence-electron chi connectivity index (χ1n) is 25.4. The summed E-state index contributed by atoms with van der Waals surface area (Å²) >= 11 is 1.94. The minimum Gasteiger partial charge on any atom is -0.310 e. The van der Waals surface area contributed by atoms with Crippen LogP contribution in [-0.4, -0.2) is 0 Å². The lowest BCUT2D eigenvalue weighted by atomic mass is 9.49. The third kappa shape index (κ3) is 5.91. The molecule has 3 saturated carbocycles. The summed E-state index contributed by atoms with van der Waals surface area (Å²) in [5.41, 5.74) is 21.0. The Balaban J connectivity index is 0.866. The number of hydrogen-bond acceptors (Lipinski definition) is 2. The number of hydrogen-bond donors (Lipinski definition) is 0. The fraction of sp³-hybridized carbons (Fsp3) is 0.262. The molecule has 0 amide bonds. The van der Waals surface area contributed by atoms with Crippen LogP contribution in [0.1, 0.15) is 93.9 Å². The molecule has 0 saturated heterocycles. The lowest BCUT2D eigenvalue weighted by Crippen LogP contribution is -2.49. The molecule has 3 fully saturated rings. The second kappa shape index (κ2) is 15.1. The van der Waals surface area contributed by atoms with E-state index in [-0.39, 0.29) is 10.8 Å². The molecule has 0 N–H and O–H groups in total. The van der Waals surface area contributed by atoms with Crippen LogP contribution >= 0.6 is 11.3 Å². The second-order valence-electron chi connectivity index (χ2n) is 21.3. The molecule has 9 aromatic rings. The Morgan fingerprint density at radius 1 is 0.433 bits per heavy atom. The van der Waals surface area contributed by atoms with Crippen molar-refractivity contribution in [1.29, 1.82) is 0 Å². The minimum atomic E-state index is 0.0891. The van der Waals surface area contributed by atoms with Gasteiger partial charge in [0.1, 0.15) is 0 Å². The van der Waals surface area contributed by atoms with Gasteiger partial charge in [0.25, 0.3) is 0 Å². The normalized spacial score (nSPS) is 23.0. The monoisotopic (exact) mass is 883 g/mol. The van der Waals surface area contributed by atoms with Crippen LogP contribution in [0.5, 0.6) is 0 Å².